The molecule has 1 aliphatic rings. The molecule has 7 rings (SSSR count). The molecular weight excluding hydrogens is 609 g/mol. The van der Waals surface area contributed by atoms with E-state index in [-0.39, 0.29) is 28.7 Å². The Bertz CT molecular complexity index is 2050. The lowest BCUT2D eigenvalue weighted by atomic mass is 9.62. The van der Waals surface area contributed by atoms with E-state index in [0.717, 1.165) is 62.2 Å². The van der Waals surface area contributed by atoms with Crippen LogP contribution in [0, 0.1) is 10.8 Å². The molecule has 1 saturated carbocycles. The molecule has 0 aliphatic heterocycles. The molecule has 0 radical (unpaired) electrons. The fraction of sp³-hybridized carbons (Fsp3) is 0.263. The number of benzene rings is 2. The van der Waals surface area contributed by atoms with Crippen LogP contribution in [0.5, 0.6) is 0 Å². The van der Waals surface area contributed by atoms with Gasteiger partial charge in [0.15, 0.2) is 0 Å². The van der Waals surface area contributed by atoms with Gasteiger partial charge in [-0.05, 0) is 77.3 Å². The van der Waals surface area contributed by atoms with Crippen molar-refractivity contribution in [1.82, 2.24) is 20.6 Å². The largest absolute Gasteiger partial charge is 0.351 e. The van der Waals surface area contributed by atoms with Crippen LogP contribution in [0.2, 0.25) is 0 Å². The second-order valence-electron chi connectivity index (χ2n) is 13.5. The van der Waals surface area contributed by atoms with Crippen molar-refractivity contribution < 1.29 is 9.59 Å². The molecule has 2 aromatic carbocycles. The van der Waals surface area contributed by atoms with Gasteiger partial charge in [0.1, 0.15) is 0 Å². The molecule has 2 atom stereocenters. The molecule has 1 fully saturated rings. The average Bonchev–Trinajstić information content (AvgIpc) is 3.77. The maximum Gasteiger partial charge on any atom is 0.252 e. The first-order valence-electron chi connectivity index (χ1n) is 15.6. The molecule has 0 unspecified atom stereocenters. The monoisotopic (exact) mass is 644 g/mol. The molecule has 6 aromatic rings. The normalized spacial score (nSPS) is 19.2. The third-order valence-corrected chi connectivity index (χ3v) is 10.7. The summed E-state index contributed by atoms with van der Waals surface area (Å²) in [6, 6.07) is 27.5. The van der Waals surface area contributed by atoms with Crippen LogP contribution in [-0.2, 0) is 0 Å². The summed E-state index contributed by atoms with van der Waals surface area (Å²) < 4.78 is 0. The van der Waals surface area contributed by atoms with Crippen LogP contribution >= 0.6 is 22.7 Å². The van der Waals surface area contributed by atoms with E-state index in [9.17, 15) is 9.59 Å². The molecule has 2 amide bonds. The number of carbonyl (C=O) groups excluding carboxylic acids is 2. The van der Waals surface area contributed by atoms with Crippen LogP contribution in [0.25, 0.3) is 42.9 Å². The molecular formula is C38H36N4O2S2. The molecule has 4 aromatic heterocycles. The van der Waals surface area contributed by atoms with Crippen molar-refractivity contribution in [3.63, 3.8) is 0 Å². The van der Waals surface area contributed by atoms with Crippen molar-refractivity contribution >= 4 is 56.3 Å². The highest BCUT2D eigenvalue weighted by atomic mass is 32.1. The molecule has 8 heteroatoms. The third kappa shape index (κ3) is 6.19. The predicted octanol–water partition coefficient (Wildman–Crippen LogP) is 8.98. The van der Waals surface area contributed by atoms with Crippen LogP contribution in [0.1, 0.15) is 60.7 Å². The Hall–Kier alpha value is -4.40. The second-order valence-corrected chi connectivity index (χ2v) is 15.4. The second kappa shape index (κ2) is 12.1. The van der Waals surface area contributed by atoms with Crippen LogP contribution in [-0.4, -0.2) is 34.4 Å². The van der Waals surface area contributed by atoms with Crippen LogP contribution < -0.4 is 10.6 Å². The Morgan fingerprint density at radius 2 is 1.28 bits per heavy atom. The summed E-state index contributed by atoms with van der Waals surface area (Å²) >= 11 is 3.23. The van der Waals surface area contributed by atoms with Crippen molar-refractivity contribution in [3.05, 3.63) is 107 Å². The van der Waals surface area contributed by atoms with Gasteiger partial charge >= 0.3 is 0 Å². The lowest BCUT2D eigenvalue weighted by Gasteiger charge is -2.47. The van der Waals surface area contributed by atoms with Gasteiger partial charge in [-0.1, -0.05) is 69.3 Å². The van der Waals surface area contributed by atoms with Gasteiger partial charge in [-0.15, -0.1) is 22.7 Å². The Morgan fingerprint density at radius 1 is 0.739 bits per heavy atom. The topological polar surface area (TPSA) is 84.0 Å². The van der Waals surface area contributed by atoms with Gasteiger partial charge in [0.05, 0.1) is 43.3 Å². The Morgan fingerprint density at radius 3 is 1.83 bits per heavy atom. The van der Waals surface area contributed by atoms with E-state index in [1.54, 1.807) is 22.7 Å². The summed E-state index contributed by atoms with van der Waals surface area (Å²) in [5.41, 5.74) is 4.25. The first-order valence-corrected chi connectivity index (χ1v) is 17.4. The van der Waals surface area contributed by atoms with Crippen molar-refractivity contribution in [2.24, 2.45) is 10.8 Å². The Labute approximate surface area is 276 Å². The van der Waals surface area contributed by atoms with E-state index in [0.29, 0.717) is 17.7 Å². The molecule has 46 heavy (non-hydrogen) atoms. The first-order chi connectivity index (χ1) is 22.2. The number of aromatic nitrogens is 2. The maximum absolute atomic E-state index is 14.0. The Balaban J connectivity index is 1.12. The highest BCUT2D eigenvalue weighted by Crippen LogP contribution is 2.46. The molecule has 6 nitrogen and oxygen atoms in total. The lowest BCUT2D eigenvalue weighted by molar-refractivity contribution is 0.0593. The van der Waals surface area contributed by atoms with Gasteiger partial charge in [-0.3, -0.25) is 9.59 Å². The minimum Gasteiger partial charge on any atom is -0.351 e. The number of hydrogen-bond acceptors (Lipinski definition) is 6. The lowest BCUT2D eigenvalue weighted by Crippen LogP contribution is -2.50. The molecule has 0 spiro atoms. The highest BCUT2D eigenvalue weighted by molar-refractivity contribution is 7.13. The van der Waals surface area contributed by atoms with E-state index in [1.165, 1.54) is 0 Å². The summed E-state index contributed by atoms with van der Waals surface area (Å²) in [5, 5.41) is 12.4. The van der Waals surface area contributed by atoms with Crippen LogP contribution in [0.3, 0.4) is 0 Å². The van der Waals surface area contributed by atoms with E-state index in [1.807, 2.05) is 95.7 Å². The van der Waals surface area contributed by atoms with E-state index in [4.69, 9.17) is 9.97 Å². The zero-order valence-electron chi connectivity index (χ0n) is 26.2. The number of hydrogen-bond donors (Lipinski definition) is 2. The fourth-order valence-electron chi connectivity index (χ4n) is 7.35. The first kappa shape index (κ1) is 30.3. The van der Waals surface area contributed by atoms with Crippen LogP contribution in [0.4, 0.5) is 0 Å². The minimum absolute atomic E-state index is 0.0200. The standard InChI is InChI=1S/C38H36N4O2S2/c1-37(2)20-24(40-36(44)28-19-32(34-15-9-17-46-34)42-30-13-7-5-11-26(28)30)21-38(3,22-37)23-39-35(43)27-18-31(33-14-8-16-45-33)41-29-12-6-4-10-25(27)29/h4-19,24H,20-23H2,1-3H3,(H,39,43)(H,40,44)/t24-,38+/m1/s1. The molecule has 2 N–H and O–H groups in total. The molecule has 232 valence electrons. The highest BCUT2D eigenvalue weighted by Gasteiger charge is 2.42. The zero-order valence-corrected chi connectivity index (χ0v) is 27.8. The number of thiophene rings is 2. The summed E-state index contributed by atoms with van der Waals surface area (Å²) in [6.45, 7) is 7.25. The number of fused-ring (bicyclic) bond motifs is 2. The number of carbonyl (C=O) groups is 2. The number of para-hydroxylation sites is 2. The average molecular weight is 645 g/mol. The van der Waals surface area contributed by atoms with E-state index >= 15 is 0 Å². The van der Waals surface area contributed by atoms with Crippen molar-refractivity contribution in [3.8, 4) is 21.1 Å². The van der Waals surface area contributed by atoms with Crippen molar-refractivity contribution in [2.75, 3.05) is 6.54 Å². The fourth-order valence-corrected chi connectivity index (χ4v) is 8.72. The molecule has 1 aliphatic carbocycles. The summed E-state index contributed by atoms with van der Waals surface area (Å²) in [7, 11) is 0. The number of rotatable bonds is 7. The zero-order chi connectivity index (χ0) is 31.9. The van der Waals surface area contributed by atoms with Gasteiger partial charge in [0.25, 0.3) is 11.8 Å². The van der Waals surface area contributed by atoms with Crippen molar-refractivity contribution in [1.29, 1.82) is 0 Å². The maximum atomic E-state index is 14.0. The number of amides is 2. The van der Waals surface area contributed by atoms with Gasteiger partial charge in [0, 0.05) is 23.4 Å². The smallest absolute Gasteiger partial charge is 0.252 e. The summed E-state index contributed by atoms with van der Waals surface area (Å²) in [4.78, 5) is 39.5. The summed E-state index contributed by atoms with van der Waals surface area (Å²) in [5.74, 6) is -0.194. The van der Waals surface area contributed by atoms with Crippen molar-refractivity contribution in [2.45, 2.75) is 46.1 Å². The number of nitrogens with one attached hydrogen (secondary N) is 2. The van der Waals surface area contributed by atoms with Gasteiger partial charge < -0.3 is 10.6 Å². The SMILES string of the molecule is CC1(C)C[C@@H](NC(=O)c2cc(-c3cccs3)nc3ccccc23)C[C@](C)(CNC(=O)c2cc(-c3cccs3)nc3ccccc23)C1. The predicted molar refractivity (Wildman–Crippen MR) is 189 cm³/mol. The molecule has 4 heterocycles. The minimum atomic E-state index is -0.211. The molecule has 0 saturated heterocycles. The molecule has 0 bridgehead atoms. The van der Waals surface area contributed by atoms with E-state index < -0.39 is 0 Å². The number of pyridine rings is 2. The van der Waals surface area contributed by atoms with Gasteiger partial charge in [0.2, 0.25) is 0 Å². The Kier molecular flexibility index (Phi) is 7.95. The third-order valence-electron chi connectivity index (χ3n) is 8.92. The number of nitrogens with zero attached hydrogens (tertiary/aromatic N) is 2. The van der Waals surface area contributed by atoms with Gasteiger partial charge in [-0.2, -0.15) is 0 Å². The summed E-state index contributed by atoms with van der Waals surface area (Å²) in [6.07, 6.45) is 2.56. The van der Waals surface area contributed by atoms with E-state index in [2.05, 4.69) is 31.4 Å². The quantitative estimate of drug-likeness (QED) is 0.182. The van der Waals surface area contributed by atoms with Gasteiger partial charge in [-0.25, -0.2) is 9.97 Å². The van der Waals surface area contributed by atoms with Crippen LogP contribution in [0.15, 0.2) is 95.7 Å².